The van der Waals surface area contributed by atoms with Crippen LogP contribution in [0.25, 0.3) is 0 Å². The van der Waals surface area contributed by atoms with E-state index in [2.05, 4.69) is 94.2 Å². The van der Waals surface area contributed by atoms with Crippen LogP contribution in [0.2, 0.25) is 0 Å². The maximum atomic E-state index is 6.11. The topological polar surface area (TPSA) is 24.8 Å². The predicted molar refractivity (Wildman–Crippen MR) is 117 cm³/mol. The Balaban J connectivity index is 1.81. The fraction of sp³-hybridized carbons (Fsp3) is 0.316. The van der Waals surface area contributed by atoms with Gasteiger partial charge in [-0.05, 0) is 113 Å². The molecule has 5 heteroatoms. The van der Waals surface area contributed by atoms with Gasteiger partial charge in [0.15, 0.2) is 0 Å². The summed E-state index contributed by atoms with van der Waals surface area (Å²) < 4.78 is 8.46. The van der Waals surface area contributed by atoms with E-state index in [4.69, 9.17) is 4.74 Å². The number of aliphatic imine (C=N–C) groups is 1. The SMILES string of the molecule is Cc1cc(Oc2cc(I)cc(I)c2)c(C)cc1N=CN(C)C1CC1. The minimum absolute atomic E-state index is 0.681. The van der Waals surface area contributed by atoms with E-state index >= 15 is 0 Å². The Morgan fingerprint density at radius 1 is 1.04 bits per heavy atom. The Bertz CT molecular complexity index is 765. The second-order valence-electron chi connectivity index (χ2n) is 6.25. The van der Waals surface area contributed by atoms with Crippen molar-refractivity contribution in [2.45, 2.75) is 32.7 Å². The van der Waals surface area contributed by atoms with Crippen molar-refractivity contribution in [2.24, 2.45) is 4.99 Å². The number of halogens is 2. The lowest BCUT2D eigenvalue weighted by molar-refractivity contribution is 0.478. The minimum atomic E-state index is 0.681. The molecule has 2 aromatic rings. The third-order valence-corrected chi connectivity index (χ3v) is 5.30. The van der Waals surface area contributed by atoms with Crippen molar-refractivity contribution in [2.75, 3.05) is 7.05 Å². The van der Waals surface area contributed by atoms with Crippen LogP contribution in [0.3, 0.4) is 0 Å². The molecule has 0 N–H and O–H groups in total. The minimum Gasteiger partial charge on any atom is -0.457 e. The van der Waals surface area contributed by atoms with Gasteiger partial charge in [-0.3, -0.25) is 0 Å². The quantitative estimate of drug-likeness (QED) is 0.259. The molecule has 1 fully saturated rings. The zero-order valence-electron chi connectivity index (χ0n) is 14.0. The summed E-state index contributed by atoms with van der Waals surface area (Å²) in [4.78, 5) is 6.85. The van der Waals surface area contributed by atoms with E-state index in [0.29, 0.717) is 6.04 Å². The predicted octanol–water partition coefficient (Wildman–Crippen LogP) is 6.06. The molecule has 24 heavy (non-hydrogen) atoms. The summed E-state index contributed by atoms with van der Waals surface area (Å²) in [7, 11) is 2.10. The zero-order valence-corrected chi connectivity index (χ0v) is 18.3. The molecule has 3 nitrogen and oxygen atoms in total. The van der Waals surface area contributed by atoms with E-state index in [1.54, 1.807) is 0 Å². The largest absolute Gasteiger partial charge is 0.457 e. The Kier molecular flexibility index (Phi) is 5.69. The van der Waals surface area contributed by atoms with Crippen LogP contribution in [0, 0.1) is 21.0 Å². The lowest BCUT2D eigenvalue weighted by atomic mass is 10.1. The second kappa shape index (κ2) is 7.59. The van der Waals surface area contributed by atoms with Crippen LogP contribution in [-0.4, -0.2) is 24.3 Å². The average Bonchev–Trinajstić information content (AvgIpc) is 3.32. The van der Waals surface area contributed by atoms with Crippen molar-refractivity contribution in [3.63, 3.8) is 0 Å². The normalized spacial score (nSPS) is 14.2. The zero-order chi connectivity index (χ0) is 17.3. The number of aryl methyl sites for hydroxylation is 2. The maximum absolute atomic E-state index is 6.11. The van der Waals surface area contributed by atoms with Crippen molar-refractivity contribution in [1.82, 2.24) is 4.90 Å². The van der Waals surface area contributed by atoms with Gasteiger partial charge in [0.05, 0.1) is 12.0 Å². The molecule has 0 atom stereocenters. The highest BCUT2D eigenvalue weighted by Gasteiger charge is 2.24. The molecule has 1 aliphatic rings. The molecule has 0 unspecified atom stereocenters. The van der Waals surface area contributed by atoms with Gasteiger partial charge in [-0.1, -0.05) is 0 Å². The second-order valence-corrected chi connectivity index (χ2v) is 8.74. The summed E-state index contributed by atoms with van der Waals surface area (Å²) in [6, 6.07) is 11.1. The first kappa shape index (κ1) is 18.0. The van der Waals surface area contributed by atoms with Crippen molar-refractivity contribution in [3.8, 4) is 11.5 Å². The van der Waals surface area contributed by atoms with E-state index in [1.165, 1.54) is 20.0 Å². The molecule has 0 spiro atoms. The van der Waals surface area contributed by atoms with Gasteiger partial charge in [-0.15, -0.1) is 0 Å². The smallest absolute Gasteiger partial charge is 0.130 e. The standard InChI is InChI=1S/C19H20I2N2O/c1-12-7-19(24-17-9-14(20)8-15(21)10-17)13(2)6-18(12)22-11-23(3)16-4-5-16/h6-11,16H,4-5H2,1-3H3. The summed E-state index contributed by atoms with van der Waals surface area (Å²) in [6.07, 6.45) is 4.51. The van der Waals surface area contributed by atoms with E-state index in [-0.39, 0.29) is 0 Å². The fourth-order valence-corrected chi connectivity index (χ4v) is 4.35. The summed E-state index contributed by atoms with van der Waals surface area (Å²) in [5, 5.41) is 0. The van der Waals surface area contributed by atoms with Gasteiger partial charge < -0.3 is 9.64 Å². The van der Waals surface area contributed by atoms with Crippen LogP contribution >= 0.6 is 45.2 Å². The number of ether oxygens (including phenoxy) is 1. The molecule has 1 saturated carbocycles. The fourth-order valence-electron chi connectivity index (χ4n) is 2.47. The van der Waals surface area contributed by atoms with Gasteiger partial charge in [-0.25, -0.2) is 4.99 Å². The summed E-state index contributed by atoms with van der Waals surface area (Å²) >= 11 is 4.63. The Hall–Kier alpha value is -0.830. The van der Waals surface area contributed by atoms with Crippen molar-refractivity contribution >= 4 is 57.2 Å². The third kappa shape index (κ3) is 4.62. The van der Waals surface area contributed by atoms with Gasteiger partial charge in [0.25, 0.3) is 0 Å². The van der Waals surface area contributed by atoms with Crippen molar-refractivity contribution in [3.05, 3.63) is 48.6 Å². The van der Waals surface area contributed by atoms with Crippen LogP contribution in [0.15, 0.2) is 35.3 Å². The molecule has 0 saturated heterocycles. The van der Waals surface area contributed by atoms with Gasteiger partial charge in [0.2, 0.25) is 0 Å². The first-order valence-electron chi connectivity index (χ1n) is 7.93. The molecular weight excluding hydrogens is 526 g/mol. The van der Waals surface area contributed by atoms with Gasteiger partial charge in [-0.2, -0.15) is 0 Å². The van der Waals surface area contributed by atoms with Crippen molar-refractivity contribution < 1.29 is 4.74 Å². The average molecular weight is 546 g/mol. The van der Waals surface area contributed by atoms with E-state index in [9.17, 15) is 0 Å². The van der Waals surface area contributed by atoms with Gasteiger partial charge >= 0.3 is 0 Å². The van der Waals surface area contributed by atoms with E-state index < -0.39 is 0 Å². The first-order valence-corrected chi connectivity index (χ1v) is 10.1. The molecule has 126 valence electrons. The highest BCUT2D eigenvalue weighted by Crippen LogP contribution is 2.33. The van der Waals surface area contributed by atoms with Crippen LogP contribution in [0.4, 0.5) is 5.69 Å². The first-order chi connectivity index (χ1) is 11.4. The Morgan fingerprint density at radius 3 is 2.33 bits per heavy atom. The molecule has 0 amide bonds. The number of rotatable bonds is 5. The number of hydrogen-bond donors (Lipinski definition) is 0. The Labute approximate surface area is 170 Å². The summed E-state index contributed by atoms with van der Waals surface area (Å²) in [6.45, 7) is 4.14. The lowest BCUT2D eigenvalue weighted by Gasteiger charge is -2.14. The molecule has 1 aliphatic carbocycles. The number of nitrogens with zero attached hydrogens (tertiary/aromatic N) is 2. The van der Waals surface area contributed by atoms with Crippen LogP contribution in [0.1, 0.15) is 24.0 Å². The molecule has 2 aromatic carbocycles. The molecule has 0 aliphatic heterocycles. The molecule has 0 radical (unpaired) electrons. The maximum Gasteiger partial charge on any atom is 0.130 e. The highest BCUT2D eigenvalue weighted by molar-refractivity contribution is 14.1. The van der Waals surface area contributed by atoms with E-state index in [1.807, 2.05) is 18.5 Å². The van der Waals surface area contributed by atoms with Gasteiger partial charge in [0, 0.05) is 20.2 Å². The molecular formula is C19H20I2N2O. The molecule has 3 rings (SSSR count). The van der Waals surface area contributed by atoms with E-state index in [0.717, 1.165) is 28.3 Å². The lowest BCUT2D eigenvalue weighted by Crippen LogP contribution is -2.17. The van der Waals surface area contributed by atoms with Crippen LogP contribution in [0.5, 0.6) is 11.5 Å². The monoisotopic (exact) mass is 546 g/mol. The highest BCUT2D eigenvalue weighted by atomic mass is 127. The van der Waals surface area contributed by atoms with Crippen molar-refractivity contribution in [1.29, 1.82) is 0 Å². The Morgan fingerprint density at radius 2 is 1.71 bits per heavy atom. The summed E-state index contributed by atoms with van der Waals surface area (Å²) in [5.74, 6) is 1.76. The molecule has 0 aromatic heterocycles. The number of hydrogen-bond acceptors (Lipinski definition) is 2. The molecule has 0 heterocycles. The summed E-state index contributed by atoms with van der Waals surface area (Å²) in [5.41, 5.74) is 3.22. The third-order valence-electron chi connectivity index (χ3n) is 4.06. The molecule has 0 bridgehead atoms. The van der Waals surface area contributed by atoms with Crippen LogP contribution in [-0.2, 0) is 0 Å². The van der Waals surface area contributed by atoms with Crippen LogP contribution < -0.4 is 4.74 Å². The number of benzene rings is 2. The van der Waals surface area contributed by atoms with Gasteiger partial charge in [0.1, 0.15) is 11.5 Å².